The van der Waals surface area contributed by atoms with Crippen molar-refractivity contribution in [3.63, 3.8) is 0 Å². The zero-order valence-corrected chi connectivity index (χ0v) is 17.0. The first-order valence-electron chi connectivity index (χ1n) is 10.6. The highest BCUT2D eigenvalue weighted by atomic mass is 16.1. The average molecular weight is 375 g/mol. The molecule has 0 N–H and O–H groups in total. The van der Waals surface area contributed by atoms with Crippen LogP contribution in [0.4, 0.5) is 0 Å². The molecule has 1 aliphatic carbocycles. The molecule has 0 amide bonds. The van der Waals surface area contributed by atoms with E-state index >= 15 is 0 Å². The van der Waals surface area contributed by atoms with Crippen LogP contribution in [-0.4, -0.2) is 15.3 Å². The minimum atomic E-state index is 0.0578. The number of aromatic nitrogens is 2. The Morgan fingerprint density at radius 2 is 2.00 bits per heavy atom. The molecule has 2 heterocycles. The van der Waals surface area contributed by atoms with Gasteiger partial charge in [0.25, 0.3) is 0 Å². The Morgan fingerprint density at radius 1 is 1.18 bits per heavy atom. The molecule has 1 fully saturated rings. The fourth-order valence-electron chi connectivity index (χ4n) is 4.79. The van der Waals surface area contributed by atoms with Crippen LogP contribution < -0.4 is 0 Å². The predicted octanol–water partition coefficient (Wildman–Crippen LogP) is 6.04. The number of pyridine rings is 1. The molecule has 0 radical (unpaired) electrons. The molecular formula is C25H30N2O. The molecule has 2 aromatic heterocycles. The molecule has 28 heavy (non-hydrogen) atoms. The van der Waals surface area contributed by atoms with E-state index in [0.29, 0.717) is 6.42 Å². The number of benzene rings is 1. The van der Waals surface area contributed by atoms with Gasteiger partial charge in [-0.05, 0) is 50.3 Å². The van der Waals surface area contributed by atoms with Gasteiger partial charge < -0.3 is 4.57 Å². The molecule has 146 valence electrons. The second-order valence-electron chi connectivity index (χ2n) is 8.48. The molecular weight excluding hydrogens is 344 g/mol. The van der Waals surface area contributed by atoms with Crippen molar-refractivity contribution in [1.82, 2.24) is 9.55 Å². The standard InChI is InChI=1S/C25H30N2O/c1-18-8-6-11-21(14-18)22(15-19(2)28)23-17-27(16-20-9-4-3-5-10-20)24-12-7-13-26-25(23)24/h6-8,11-14,17,20,22H,3-5,9-10,15-16H2,1-2H3. The topological polar surface area (TPSA) is 34.9 Å². The second-order valence-corrected chi connectivity index (χ2v) is 8.48. The number of fused-ring (bicyclic) bond motifs is 1. The average Bonchev–Trinajstić information content (AvgIpc) is 3.05. The van der Waals surface area contributed by atoms with Crippen molar-refractivity contribution in [2.45, 2.75) is 64.8 Å². The minimum Gasteiger partial charge on any atom is -0.346 e. The lowest BCUT2D eigenvalue weighted by Crippen LogP contribution is -2.13. The van der Waals surface area contributed by atoms with Crippen molar-refractivity contribution < 1.29 is 4.79 Å². The molecule has 1 aromatic carbocycles. The number of nitrogens with zero attached hydrogens (tertiary/aromatic N) is 2. The molecule has 0 aliphatic heterocycles. The molecule has 1 atom stereocenters. The van der Waals surface area contributed by atoms with Gasteiger partial charge in [0.15, 0.2) is 0 Å². The van der Waals surface area contributed by atoms with Crippen LogP contribution in [0.2, 0.25) is 0 Å². The van der Waals surface area contributed by atoms with E-state index in [1.165, 1.54) is 54.3 Å². The van der Waals surface area contributed by atoms with Gasteiger partial charge >= 0.3 is 0 Å². The predicted molar refractivity (Wildman–Crippen MR) is 115 cm³/mol. The number of hydrogen-bond donors (Lipinski definition) is 0. The van der Waals surface area contributed by atoms with Gasteiger partial charge in [-0.2, -0.15) is 0 Å². The zero-order valence-electron chi connectivity index (χ0n) is 17.0. The van der Waals surface area contributed by atoms with E-state index < -0.39 is 0 Å². The normalized spacial score (nSPS) is 16.4. The van der Waals surface area contributed by atoms with E-state index in [2.05, 4.69) is 48.0 Å². The van der Waals surface area contributed by atoms with E-state index in [1.807, 2.05) is 12.3 Å². The number of hydrogen-bond acceptors (Lipinski definition) is 2. The molecule has 3 heteroatoms. The molecule has 1 unspecified atom stereocenters. The maximum absolute atomic E-state index is 12.1. The summed E-state index contributed by atoms with van der Waals surface area (Å²) in [5, 5.41) is 0. The van der Waals surface area contributed by atoms with Crippen molar-refractivity contribution in [3.05, 3.63) is 65.5 Å². The summed E-state index contributed by atoms with van der Waals surface area (Å²) in [6.07, 6.45) is 11.4. The summed E-state index contributed by atoms with van der Waals surface area (Å²) in [4.78, 5) is 16.9. The Bertz CT molecular complexity index is 966. The van der Waals surface area contributed by atoms with Crippen LogP contribution in [0.25, 0.3) is 11.0 Å². The van der Waals surface area contributed by atoms with Gasteiger partial charge in [0, 0.05) is 36.8 Å². The van der Waals surface area contributed by atoms with Crippen LogP contribution in [0, 0.1) is 12.8 Å². The lowest BCUT2D eigenvalue weighted by molar-refractivity contribution is -0.117. The van der Waals surface area contributed by atoms with Crippen molar-refractivity contribution in [2.75, 3.05) is 0 Å². The molecule has 1 saturated carbocycles. The molecule has 3 aromatic rings. The fourth-order valence-corrected chi connectivity index (χ4v) is 4.79. The molecule has 0 spiro atoms. The van der Waals surface area contributed by atoms with Crippen LogP contribution in [-0.2, 0) is 11.3 Å². The highest BCUT2D eigenvalue weighted by Crippen LogP contribution is 2.35. The highest BCUT2D eigenvalue weighted by Gasteiger charge is 2.23. The fraction of sp³-hybridized carbons (Fsp3) is 0.440. The Morgan fingerprint density at radius 3 is 2.75 bits per heavy atom. The highest BCUT2D eigenvalue weighted by molar-refractivity contribution is 5.83. The van der Waals surface area contributed by atoms with Crippen molar-refractivity contribution >= 4 is 16.8 Å². The van der Waals surface area contributed by atoms with Crippen molar-refractivity contribution in [2.24, 2.45) is 5.92 Å². The van der Waals surface area contributed by atoms with Crippen molar-refractivity contribution in [3.8, 4) is 0 Å². The third-order valence-corrected chi connectivity index (χ3v) is 6.16. The van der Waals surface area contributed by atoms with Gasteiger partial charge in [0.2, 0.25) is 0 Å². The SMILES string of the molecule is CC(=O)CC(c1cccc(C)c1)c1cn(CC2CCCCC2)c2cccnc12. The number of aryl methyl sites for hydroxylation is 1. The van der Waals surface area contributed by atoms with Gasteiger partial charge in [-0.15, -0.1) is 0 Å². The molecule has 0 bridgehead atoms. The first-order chi connectivity index (χ1) is 13.6. The smallest absolute Gasteiger partial charge is 0.130 e. The summed E-state index contributed by atoms with van der Waals surface area (Å²) in [7, 11) is 0. The molecule has 4 rings (SSSR count). The summed E-state index contributed by atoms with van der Waals surface area (Å²) in [6, 6.07) is 12.8. The molecule has 3 nitrogen and oxygen atoms in total. The van der Waals surface area contributed by atoms with Crippen LogP contribution in [0.5, 0.6) is 0 Å². The van der Waals surface area contributed by atoms with E-state index in [9.17, 15) is 4.79 Å². The maximum atomic E-state index is 12.1. The molecule has 1 aliphatic rings. The monoisotopic (exact) mass is 374 g/mol. The zero-order chi connectivity index (χ0) is 19.5. The summed E-state index contributed by atoms with van der Waals surface area (Å²) < 4.78 is 2.40. The van der Waals surface area contributed by atoms with E-state index in [-0.39, 0.29) is 11.7 Å². The summed E-state index contributed by atoms with van der Waals surface area (Å²) >= 11 is 0. The van der Waals surface area contributed by atoms with Gasteiger partial charge in [0.05, 0.1) is 11.0 Å². The lowest BCUT2D eigenvalue weighted by Gasteiger charge is -2.22. The Hall–Kier alpha value is -2.42. The Balaban J connectivity index is 1.77. The van der Waals surface area contributed by atoms with Gasteiger partial charge in [-0.25, -0.2) is 0 Å². The van der Waals surface area contributed by atoms with E-state index in [4.69, 9.17) is 4.98 Å². The number of ketones is 1. The number of carbonyl (C=O) groups excluding carboxylic acids is 1. The number of carbonyl (C=O) groups is 1. The third-order valence-electron chi connectivity index (χ3n) is 6.16. The van der Waals surface area contributed by atoms with Crippen molar-refractivity contribution in [1.29, 1.82) is 0 Å². The maximum Gasteiger partial charge on any atom is 0.130 e. The Kier molecular flexibility index (Phi) is 5.61. The quantitative estimate of drug-likeness (QED) is 0.527. The number of rotatable bonds is 6. The second kappa shape index (κ2) is 8.30. The van der Waals surface area contributed by atoms with Gasteiger partial charge in [0.1, 0.15) is 5.78 Å². The molecule has 0 saturated heterocycles. The first kappa shape index (κ1) is 18.9. The first-order valence-corrected chi connectivity index (χ1v) is 10.6. The Labute approximate surface area is 167 Å². The number of Topliss-reactive ketones (excluding diaryl/α,β-unsaturated/α-hetero) is 1. The third kappa shape index (κ3) is 4.04. The van der Waals surface area contributed by atoms with E-state index in [0.717, 1.165) is 18.0 Å². The lowest BCUT2D eigenvalue weighted by atomic mass is 9.87. The van der Waals surface area contributed by atoms with E-state index in [1.54, 1.807) is 6.92 Å². The summed E-state index contributed by atoms with van der Waals surface area (Å²) in [5.74, 6) is 1.03. The minimum absolute atomic E-state index is 0.0578. The summed E-state index contributed by atoms with van der Waals surface area (Å²) in [5.41, 5.74) is 5.87. The summed E-state index contributed by atoms with van der Waals surface area (Å²) in [6.45, 7) is 4.86. The van der Waals surface area contributed by atoms with Gasteiger partial charge in [-0.3, -0.25) is 9.78 Å². The van der Waals surface area contributed by atoms with Crippen LogP contribution in [0.3, 0.4) is 0 Å². The van der Waals surface area contributed by atoms with Crippen LogP contribution in [0.1, 0.15) is 68.1 Å². The van der Waals surface area contributed by atoms with Crippen LogP contribution in [0.15, 0.2) is 48.8 Å². The van der Waals surface area contributed by atoms with Crippen LogP contribution >= 0.6 is 0 Å². The van der Waals surface area contributed by atoms with Gasteiger partial charge in [-0.1, -0.05) is 49.1 Å². The largest absolute Gasteiger partial charge is 0.346 e.